The Hall–Kier alpha value is -2.08. The topological polar surface area (TPSA) is 71.1 Å². The Morgan fingerprint density at radius 3 is 3.00 bits per heavy atom. The number of rotatable bonds is 1. The third-order valence-corrected chi connectivity index (χ3v) is 4.65. The van der Waals surface area contributed by atoms with Crippen LogP contribution in [-0.2, 0) is 28.5 Å². The van der Waals surface area contributed by atoms with E-state index in [1.165, 1.54) is 13.4 Å². The summed E-state index contributed by atoms with van der Waals surface area (Å²) < 4.78 is 21.8. The quantitative estimate of drug-likeness (QED) is 0.405. The molecule has 110 valence electrons. The fourth-order valence-electron chi connectivity index (χ4n) is 3.74. The molecule has 0 N–H and O–H groups in total. The van der Waals surface area contributed by atoms with Gasteiger partial charge in [-0.25, -0.2) is 9.59 Å². The number of hydrogen-bond donors (Lipinski definition) is 0. The van der Waals surface area contributed by atoms with Gasteiger partial charge in [-0.2, -0.15) is 0 Å². The molecule has 21 heavy (non-hydrogen) atoms. The van der Waals surface area contributed by atoms with E-state index in [0.717, 1.165) is 0 Å². The summed E-state index contributed by atoms with van der Waals surface area (Å²) in [6.45, 7) is 1.77. The molecular weight excluding hydrogens is 276 g/mol. The van der Waals surface area contributed by atoms with Crippen molar-refractivity contribution in [3.05, 3.63) is 35.6 Å². The number of carbonyl (C=O) groups is 2. The third-order valence-electron chi connectivity index (χ3n) is 4.65. The fourth-order valence-corrected chi connectivity index (χ4v) is 3.74. The van der Waals surface area contributed by atoms with Crippen molar-refractivity contribution in [1.82, 2.24) is 0 Å². The lowest BCUT2D eigenvalue weighted by atomic mass is 9.78. The summed E-state index contributed by atoms with van der Waals surface area (Å²) >= 11 is 0. The molecule has 0 bridgehead atoms. The van der Waals surface area contributed by atoms with E-state index >= 15 is 0 Å². The van der Waals surface area contributed by atoms with E-state index < -0.39 is 24.0 Å². The largest absolute Gasteiger partial charge is 0.471 e. The maximum absolute atomic E-state index is 12.0. The maximum Gasteiger partial charge on any atom is 0.337 e. The first-order valence-electron chi connectivity index (χ1n) is 6.80. The fraction of sp³-hybridized carbons (Fsp3) is 0.467. The van der Waals surface area contributed by atoms with Crippen LogP contribution in [0.3, 0.4) is 0 Å². The van der Waals surface area contributed by atoms with Gasteiger partial charge in [0.1, 0.15) is 6.10 Å². The normalized spacial score (nSPS) is 44.0. The van der Waals surface area contributed by atoms with Crippen LogP contribution in [0.25, 0.3) is 0 Å². The van der Waals surface area contributed by atoms with Crippen LogP contribution in [0.2, 0.25) is 0 Å². The molecule has 0 radical (unpaired) electrons. The van der Waals surface area contributed by atoms with Gasteiger partial charge in [-0.15, -0.1) is 0 Å². The Bertz CT molecular complexity index is 630. The number of allylic oxidation sites excluding steroid dienone is 2. The first-order valence-corrected chi connectivity index (χ1v) is 6.80. The zero-order valence-corrected chi connectivity index (χ0v) is 11.6. The van der Waals surface area contributed by atoms with Gasteiger partial charge in [0.2, 0.25) is 6.29 Å². The second-order valence-corrected chi connectivity index (χ2v) is 5.48. The predicted octanol–water partition coefficient (Wildman–Crippen LogP) is 0.842. The minimum atomic E-state index is -0.873. The standard InChI is InChI=1S/C15H14O6/c1-3-7-11-15(21-13(7)17)5-4-8-9(12(16)18-2)6-19-14(20-11)10(8)15/h3-6,8,10-11,14H,1-2H3/b7-3+/t8?,10?,11-,14?,15-/m0/s1. The molecule has 3 aliphatic heterocycles. The van der Waals surface area contributed by atoms with Crippen molar-refractivity contribution >= 4 is 11.9 Å². The molecule has 2 saturated heterocycles. The number of ether oxygens (including phenoxy) is 4. The monoisotopic (exact) mass is 290 g/mol. The van der Waals surface area contributed by atoms with E-state index in [0.29, 0.717) is 11.1 Å². The molecular formula is C15H14O6. The molecule has 6 nitrogen and oxygen atoms in total. The molecule has 3 unspecified atom stereocenters. The van der Waals surface area contributed by atoms with Gasteiger partial charge in [0.05, 0.1) is 30.4 Å². The van der Waals surface area contributed by atoms with Crippen molar-refractivity contribution in [1.29, 1.82) is 0 Å². The molecule has 1 aliphatic carbocycles. The van der Waals surface area contributed by atoms with E-state index in [-0.39, 0.29) is 17.8 Å². The Morgan fingerprint density at radius 2 is 2.29 bits per heavy atom. The first kappa shape index (κ1) is 12.6. The molecule has 1 spiro atoms. The highest BCUT2D eigenvalue weighted by molar-refractivity contribution is 5.94. The van der Waals surface area contributed by atoms with Gasteiger partial charge >= 0.3 is 11.9 Å². The van der Waals surface area contributed by atoms with Crippen molar-refractivity contribution in [3.8, 4) is 0 Å². The summed E-state index contributed by atoms with van der Waals surface area (Å²) in [6.07, 6.45) is 5.77. The third kappa shape index (κ3) is 1.35. The predicted molar refractivity (Wildman–Crippen MR) is 68.5 cm³/mol. The van der Waals surface area contributed by atoms with E-state index in [9.17, 15) is 9.59 Å². The second-order valence-electron chi connectivity index (χ2n) is 5.48. The van der Waals surface area contributed by atoms with Crippen molar-refractivity contribution in [2.75, 3.05) is 7.11 Å². The van der Waals surface area contributed by atoms with Crippen LogP contribution in [0.1, 0.15) is 6.92 Å². The van der Waals surface area contributed by atoms with Crippen LogP contribution >= 0.6 is 0 Å². The highest BCUT2D eigenvalue weighted by Crippen LogP contribution is 2.57. The lowest BCUT2D eigenvalue weighted by molar-refractivity contribution is -0.152. The summed E-state index contributed by atoms with van der Waals surface area (Å²) in [6, 6.07) is 0. The number of esters is 2. The van der Waals surface area contributed by atoms with Gasteiger partial charge in [0.25, 0.3) is 0 Å². The van der Waals surface area contributed by atoms with E-state index in [4.69, 9.17) is 18.9 Å². The highest BCUT2D eigenvalue weighted by atomic mass is 16.7. The molecule has 4 rings (SSSR count). The van der Waals surface area contributed by atoms with Gasteiger partial charge in [-0.3, -0.25) is 0 Å². The smallest absolute Gasteiger partial charge is 0.337 e. The molecule has 4 aliphatic rings. The molecule has 6 heteroatoms. The Kier molecular flexibility index (Phi) is 2.39. The van der Waals surface area contributed by atoms with E-state index in [1.54, 1.807) is 13.0 Å². The summed E-state index contributed by atoms with van der Waals surface area (Å²) in [4.78, 5) is 23.8. The average Bonchev–Trinajstić information content (AvgIpc) is 3.08. The van der Waals surface area contributed by atoms with Gasteiger partial charge < -0.3 is 18.9 Å². The Labute approximate surface area is 121 Å². The second kappa shape index (κ2) is 3.98. The molecule has 0 aromatic carbocycles. The average molecular weight is 290 g/mol. The number of hydrogen-bond acceptors (Lipinski definition) is 6. The lowest BCUT2D eigenvalue weighted by Crippen LogP contribution is -2.43. The minimum absolute atomic E-state index is 0.231. The van der Waals surface area contributed by atoms with Crippen molar-refractivity contribution in [2.24, 2.45) is 11.8 Å². The van der Waals surface area contributed by atoms with Crippen LogP contribution < -0.4 is 0 Å². The molecule has 0 saturated carbocycles. The van der Waals surface area contributed by atoms with Gasteiger partial charge in [0.15, 0.2) is 5.60 Å². The Morgan fingerprint density at radius 1 is 1.48 bits per heavy atom. The molecule has 0 amide bonds. The Balaban J connectivity index is 1.78. The molecule has 0 aromatic rings. The molecule has 2 fully saturated rings. The van der Waals surface area contributed by atoms with E-state index in [1.807, 2.05) is 12.2 Å². The van der Waals surface area contributed by atoms with Crippen LogP contribution in [0.15, 0.2) is 35.6 Å². The van der Waals surface area contributed by atoms with Gasteiger partial charge in [-0.05, 0) is 13.0 Å². The van der Waals surface area contributed by atoms with Gasteiger partial charge in [-0.1, -0.05) is 12.2 Å². The number of methoxy groups -OCH3 is 1. The zero-order chi connectivity index (χ0) is 14.8. The summed E-state index contributed by atoms with van der Waals surface area (Å²) in [7, 11) is 1.32. The van der Waals surface area contributed by atoms with Crippen LogP contribution in [-0.4, -0.2) is 37.0 Å². The minimum Gasteiger partial charge on any atom is -0.471 e. The molecule has 5 atom stereocenters. The van der Waals surface area contributed by atoms with Gasteiger partial charge in [0, 0.05) is 5.92 Å². The molecule has 3 heterocycles. The van der Waals surface area contributed by atoms with Crippen LogP contribution in [0, 0.1) is 11.8 Å². The maximum atomic E-state index is 12.0. The highest BCUT2D eigenvalue weighted by Gasteiger charge is 2.70. The van der Waals surface area contributed by atoms with Crippen molar-refractivity contribution in [2.45, 2.75) is 24.9 Å². The first-order chi connectivity index (χ1) is 10.1. The van der Waals surface area contributed by atoms with Crippen molar-refractivity contribution < 1.29 is 28.5 Å². The molecule has 0 aromatic heterocycles. The summed E-state index contributed by atoms with van der Waals surface area (Å²) in [5.74, 6) is -1.31. The SMILES string of the molecule is C/C=C1/C(=O)O[C@]23C=CC4C(C(=O)OC)=COC(O[C@@H]12)C43. The number of carbonyl (C=O) groups excluding carboxylic acids is 2. The lowest BCUT2D eigenvalue weighted by Gasteiger charge is -2.32. The van der Waals surface area contributed by atoms with Crippen LogP contribution in [0.5, 0.6) is 0 Å². The summed E-state index contributed by atoms with van der Waals surface area (Å²) in [5, 5.41) is 0. The van der Waals surface area contributed by atoms with Crippen molar-refractivity contribution in [3.63, 3.8) is 0 Å². The zero-order valence-electron chi connectivity index (χ0n) is 11.6. The summed E-state index contributed by atoms with van der Waals surface area (Å²) in [5.41, 5.74) is 0.0425. The van der Waals surface area contributed by atoms with E-state index in [2.05, 4.69) is 0 Å². The van der Waals surface area contributed by atoms with Crippen LogP contribution in [0.4, 0.5) is 0 Å².